The molecule has 1 amide bonds. The lowest BCUT2D eigenvalue weighted by molar-refractivity contribution is -0.118. The van der Waals surface area contributed by atoms with Gasteiger partial charge in [-0.15, -0.1) is 0 Å². The van der Waals surface area contributed by atoms with Crippen LogP contribution in [0.3, 0.4) is 0 Å². The predicted molar refractivity (Wildman–Crippen MR) is 126 cm³/mol. The number of nitrogens with two attached hydrogens (primary N) is 1. The van der Waals surface area contributed by atoms with Crippen LogP contribution in [-0.4, -0.2) is 33.0 Å². The summed E-state index contributed by atoms with van der Waals surface area (Å²) in [5.74, 6) is -0.500. The van der Waals surface area contributed by atoms with Gasteiger partial charge in [0.15, 0.2) is 0 Å². The van der Waals surface area contributed by atoms with Crippen molar-refractivity contribution >= 4 is 27.7 Å². The van der Waals surface area contributed by atoms with Crippen LogP contribution >= 0.6 is 0 Å². The molecule has 4 aromatic rings. The Kier molecular flexibility index (Phi) is 4.43. The van der Waals surface area contributed by atoms with Crippen molar-refractivity contribution < 1.29 is 4.79 Å². The number of aromatic nitrogens is 2. The highest BCUT2D eigenvalue weighted by Crippen LogP contribution is 2.41. The number of nitrogens with zero attached hydrogens (tertiary/aromatic N) is 3. The van der Waals surface area contributed by atoms with Crippen LogP contribution in [0.2, 0.25) is 0 Å². The lowest BCUT2D eigenvalue weighted by Gasteiger charge is -2.36. The van der Waals surface area contributed by atoms with Gasteiger partial charge in [-0.3, -0.25) is 18.8 Å². The molecule has 162 valence electrons. The van der Waals surface area contributed by atoms with Crippen LogP contribution in [0.1, 0.15) is 36.1 Å². The highest BCUT2D eigenvalue weighted by atomic mass is 16.2. The Hall–Kier alpha value is -3.38. The number of amides is 1. The van der Waals surface area contributed by atoms with Gasteiger partial charge in [0.05, 0.1) is 11.0 Å². The summed E-state index contributed by atoms with van der Waals surface area (Å²) in [6, 6.07) is 21.5. The molecule has 32 heavy (non-hydrogen) atoms. The monoisotopic (exact) mass is 426 g/mol. The molecule has 2 aliphatic rings. The molecule has 2 heterocycles. The van der Waals surface area contributed by atoms with E-state index in [1.165, 1.54) is 26.5 Å². The lowest BCUT2D eigenvalue weighted by atomic mass is 9.99. The number of hydrogen-bond acceptors (Lipinski definition) is 3. The maximum absolute atomic E-state index is 13.2. The van der Waals surface area contributed by atoms with Crippen molar-refractivity contribution in [3.63, 3.8) is 0 Å². The number of piperidine rings is 1. The van der Waals surface area contributed by atoms with Gasteiger partial charge < -0.3 is 5.73 Å². The van der Waals surface area contributed by atoms with Gasteiger partial charge >= 0.3 is 5.69 Å². The van der Waals surface area contributed by atoms with E-state index in [9.17, 15) is 9.59 Å². The Balaban J connectivity index is 1.28. The maximum Gasteiger partial charge on any atom is 0.329 e. The van der Waals surface area contributed by atoms with Gasteiger partial charge in [0.25, 0.3) is 0 Å². The van der Waals surface area contributed by atoms with E-state index in [1.54, 1.807) is 0 Å². The molecule has 1 aromatic heterocycles. The van der Waals surface area contributed by atoms with Crippen LogP contribution in [0.15, 0.2) is 65.5 Å². The van der Waals surface area contributed by atoms with E-state index in [2.05, 4.69) is 41.3 Å². The fourth-order valence-corrected chi connectivity index (χ4v) is 5.89. The first-order valence-electron chi connectivity index (χ1n) is 11.3. The van der Waals surface area contributed by atoms with E-state index in [0.717, 1.165) is 43.4 Å². The molecule has 1 fully saturated rings. The Labute approximate surface area is 185 Å². The quantitative estimate of drug-likeness (QED) is 0.544. The number of likely N-dealkylation sites (tertiary alicyclic amines) is 1. The van der Waals surface area contributed by atoms with E-state index in [4.69, 9.17) is 5.73 Å². The maximum atomic E-state index is 13.2. The van der Waals surface area contributed by atoms with Gasteiger partial charge in [-0.05, 0) is 53.3 Å². The van der Waals surface area contributed by atoms with Crippen LogP contribution in [-0.2, 0) is 17.8 Å². The standard InChI is InChI=1S/C26H26N4O2/c27-24(31)16-29-21-9-1-2-10-22(21)30(26(29)32)19-11-13-28(14-12-19)23-15-18-7-3-5-17-6-4-8-20(23)25(17)18/h1-10,19,23H,11-16H2,(H2,27,31). The van der Waals surface area contributed by atoms with Crippen molar-refractivity contribution in [3.8, 4) is 0 Å². The first-order valence-corrected chi connectivity index (χ1v) is 11.3. The Morgan fingerprint density at radius 2 is 1.66 bits per heavy atom. The number of hydrogen-bond donors (Lipinski definition) is 1. The van der Waals surface area contributed by atoms with Crippen LogP contribution in [0.4, 0.5) is 0 Å². The van der Waals surface area contributed by atoms with Crippen molar-refractivity contribution in [3.05, 3.63) is 82.3 Å². The molecule has 2 N–H and O–H groups in total. The number of carbonyl (C=O) groups is 1. The zero-order valence-corrected chi connectivity index (χ0v) is 17.9. The normalized spacial score (nSPS) is 19.2. The zero-order chi connectivity index (χ0) is 21.8. The number of benzene rings is 3. The topological polar surface area (TPSA) is 73.3 Å². The molecule has 6 heteroatoms. The van der Waals surface area contributed by atoms with Gasteiger partial charge in [-0.1, -0.05) is 48.5 Å². The minimum absolute atomic E-state index is 0.0878. The number of carbonyl (C=O) groups excluding carboxylic acids is 1. The molecular formula is C26H26N4O2. The second-order valence-electron chi connectivity index (χ2n) is 9.04. The summed E-state index contributed by atoms with van der Waals surface area (Å²) in [6.07, 6.45) is 2.87. The van der Waals surface area contributed by atoms with Crippen molar-refractivity contribution in [1.29, 1.82) is 0 Å². The summed E-state index contributed by atoms with van der Waals surface area (Å²) in [4.78, 5) is 27.4. The molecular weight excluding hydrogens is 400 g/mol. The predicted octanol–water partition coefficient (Wildman–Crippen LogP) is 3.38. The highest BCUT2D eigenvalue weighted by Gasteiger charge is 2.33. The van der Waals surface area contributed by atoms with E-state index < -0.39 is 5.91 Å². The SMILES string of the molecule is NC(=O)Cn1c(=O)n(C2CCN(C3Cc4cccc5cccc3c45)CC2)c2ccccc21. The number of primary amides is 1. The van der Waals surface area contributed by atoms with Gasteiger partial charge in [-0.25, -0.2) is 4.79 Å². The van der Waals surface area contributed by atoms with Crippen molar-refractivity contribution in [2.75, 3.05) is 13.1 Å². The summed E-state index contributed by atoms with van der Waals surface area (Å²) < 4.78 is 3.40. The molecule has 1 aliphatic carbocycles. The second kappa shape index (κ2) is 7.35. The van der Waals surface area contributed by atoms with Crippen LogP contribution in [0, 0.1) is 0 Å². The summed E-state index contributed by atoms with van der Waals surface area (Å²) in [5, 5.41) is 2.75. The number of fused-ring (bicyclic) bond motifs is 1. The lowest BCUT2D eigenvalue weighted by Crippen LogP contribution is -2.40. The largest absolute Gasteiger partial charge is 0.368 e. The third-order valence-electron chi connectivity index (χ3n) is 7.28. The summed E-state index contributed by atoms with van der Waals surface area (Å²) >= 11 is 0. The molecule has 3 aromatic carbocycles. The average molecular weight is 427 g/mol. The molecule has 6 rings (SSSR count). The third kappa shape index (κ3) is 2.90. The molecule has 1 saturated heterocycles. The molecule has 6 nitrogen and oxygen atoms in total. The Morgan fingerprint density at radius 3 is 2.41 bits per heavy atom. The first kappa shape index (κ1) is 19.3. The number of imidazole rings is 1. The molecule has 1 aliphatic heterocycles. The van der Waals surface area contributed by atoms with E-state index in [0.29, 0.717) is 6.04 Å². The third-order valence-corrected chi connectivity index (χ3v) is 7.28. The van der Waals surface area contributed by atoms with Gasteiger partial charge in [0.1, 0.15) is 6.54 Å². The van der Waals surface area contributed by atoms with Gasteiger partial charge in [-0.2, -0.15) is 0 Å². The molecule has 0 radical (unpaired) electrons. The minimum atomic E-state index is -0.500. The number of rotatable bonds is 4. The zero-order valence-electron chi connectivity index (χ0n) is 17.9. The van der Waals surface area contributed by atoms with Gasteiger partial charge in [0.2, 0.25) is 5.91 Å². The smallest absolute Gasteiger partial charge is 0.329 e. The van der Waals surface area contributed by atoms with Crippen molar-refractivity contribution in [2.45, 2.75) is 37.9 Å². The highest BCUT2D eigenvalue weighted by molar-refractivity contribution is 5.91. The van der Waals surface area contributed by atoms with Crippen LogP contribution in [0.5, 0.6) is 0 Å². The Bertz CT molecular complexity index is 1400. The summed E-state index contributed by atoms with van der Waals surface area (Å²) in [7, 11) is 0. The summed E-state index contributed by atoms with van der Waals surface area (Å²) in [5.41, 5.74) is 9.81. The van der Waals surface area contributed by atoms with E-state index in [1.807, 2.05) is 28.8 Å². The van der Waals surface area contributed by atoms with Crippen LogP contribution in [0.25, 0.3) is 21.8 Å². The first-order chi connectivity index (χ1) is 15.6. The van der Waals surface area contributed by atoms with E-state index in [-0.39, 0.29) is 18.3 Å². The van der Waals surface area contributed by atoms with Gasteiger partial charge in [0, 0.05) is 25.2 Å². The van der Waals surface area contributed by atoms with Crippen molar-refractivity contribution in [1.82, 2.24) is 14.0 Å². The number of para-hydroxylation sites is 2. The average Bonchev–Trinajstić information content (AvgIpc) is 3.31. The fourth-order valence-electron chi connectivity index (χ4n) is 5.89. The fraction of sp³-hybridized carbons (Fsp3) is 0.308. The molecule has 0 spiro atoms. The molecule has 0 saturated carbocycles. The molecule has 0 bridgehead atoms. The molecule has 1 unspecified atom stereocenters. The second-order valence-corrected chi connectivity index (χ2v) is 9.04. The van der Waals surface area contributed by atoms with E-state index >= 15 is 0 Å². The summed E-state index contributed by atoms with van der Waals surface area (Å²) in [6.45, 7) is 1.80. The van der Waals surface area contributed by atoms with Crippen LogP contribution < -0.4 is 11.4 Å². The van der Waals surface area contributed by atoms with Crippen molar-refractivity contribution in [2.24, 2.45) is 5.73 Å². The minimum Gasteiger partial charge on any atom is -0.368 e. The Morgan fingerprint density at radius 1 is 0.938 bits per heavy atom. The molecule has 1 atom stereocenters.